The Morgan fingerprint density at radius 3 is 2.28 bits per heavy atom. The minimum absolute atomic E-state index is 0.449. The third-order valence-electron chi connectivity index (χ3n) is 2.93. The zero-order valence-corrected chi connectivity index (χ0v) is 10.9. The summed E-state index contributed by atoms with van der Waals surface area (Å²) >= 11 is 0. The fourth-order valence-corrected chi connectivity index (χ4v) is 1.87. The summed E-state index contributed by atoms with van der Waals surface area (Å²) in [5, 5.41) is 0. The van der Waals surface area contributed by atoms with E-state index in [0.717, 1.165) is 17.1 Å². The van der Waals surface area contributed by atoms with E-state index in [9.17, 15) is 0 Å². The lowest BCUT2D eigenvalue weighted by atomic mass is 10.0. The quantitative estimate of drug-likeness (QED) is 0.876. The normalized spacial score (nSPS) is 10.7. The van der Waals surface area contributed by atoms with Gasteiger partial charge < -0.3 is 10.5 Å². The molecule has 0 atom stereocenters. The molecule has 0 bridgehead atoms. The molecule has 2 aromatic carbocycles. The maximum Gasteiger partial charge on any atom is 0.130 e. The van der Waals surface area contributed by atoms with Crippen molar-refractivity contribution in [2.45, 2.75) is 26.3 Å². The van der Waals surface area contributed by atoms with Crippen LogP contribution in [0, 0.1) is 0 Å². The summed E-state index contributed by atoms with van der Waals surface area (Å²) < 4.78 is 5.93. The molecule has 2 nitrogen and oxygen atoms in total. The average molecular weight is 241 g/mol. The van der Waals surface area contributed by atoms with Crippen LogP contribution in [-0.2, 0) is 6.54 Å². The average Bonchev–Trinajstić information content (AvgIpc) is 2.40. The number of para-hydroxylation sites is 1. The van der Waals surface area contributed by atoms with E-state index in [1.54, 1.807) is 0 Å². The molecule has 0 saturated carbocycles. The Labute approximate surface area is 108 Å². The van der Waals surface area contributed by atoms with Crippen molar-refractivity contribution in [2.75, 3.05) is 0 Å². The van der Waals surface area contributed by atoms with Gasteiger partial charge in [0.1, 0.15) is 11.5 Å². The number of ether oxygens (including phenoxy) is 1. The van der Waals surface area contributed by atoms with Gasteiger partial charge in [0.2, 0.25) is 0 Å². The number of nitrogens with two attached hydrogens (primary N) is 1. The summed E-state index contributed by atoms with van der Waals surface area (Å²) in [6, 6.07) is 16.1. The molecule has 0 unspecified atom stereocenters. The Hall–Kier alpha value is -1.80. The van der Waals surface area contributed by atoms with Gasteiger partial charge in [0.05, 0.1) is 0 Å². The van der Waals surface area contributed by atoms with Gasteiger partial charge in [-0.05, 0) is 35.2 Å². The van der Waals surface area contributed by atoms with E-state index in [0.29, 0.717) is 12.5 Å². The molecule has 2 aromatic rings. The lowest BCUT2D eigenvalue weighted by Crippen LogP contribution is -1.96. The Balaban J connectivity index is 2.22. The molecule has 94 valence electrons. The lowest BCUT2D eigenvalue weighted by Gasteiger charge is -2.13. The number of rotatable bonds is 4. The minimum atomic E-state index is 0.449. The predicted molar refractivity (Wildman–Crippen MR) is 74.9 cm³/mol. The summed E-state index contributed by atoms with van der Waals surface area (Å²) in [6.07, 6.45) is 0. The van der Waals surface area contributed by atoms with Crippen molar-refractivity contribution in [3.63, 3.8) is 0 Å². The molecule has 0 radical (unpaired) electrons. The Kier molecular flexibility index (Phi) is 4.00. The first kappa shape index (κ1) is 12.7. The van der Waals surface area contributed by atoms with Gasteiger partial charge in [-0.15, -0.1) is 0 Å². The van der Waals surface area contributed by atoms with Crippen LogP contribution in [-0.4, -0.2) is 0 Å². The zero-order valence-electron chi connectivity index (χ0n) is 10.9. The van der Waals surface area contributed by atoms with Crippen LogP contribution >= 0.6 is 0 Å². The van der Waals surface area contributed by atoms with E-state index in [4.69, 9.17) is 10.5 Å². The van der Waals surface area contributed by atoms with Crippen molar-refractivity contribution in [2.24, 2.45) is 5.73 Å². The standard InChI is InChI=1S/C16H19NO/c1-12(2)15-5-3-4-6-16(15)18-14-9-7-13(11-17)8-10-14/h3-10,12H,11,17H2,1-2H3. The maximum atomic E-state index is 5.93. The first-order chi connectivity index (χ1) is 8.70. The van der Waals surface area contributed by atoms with Crippen LogP contribution in [0.1, 0.15) is 30.9 Å². The van der Waals surface area contributed by atoms with Gasteiger partial charge in [-0.3, -0.25) is 0 Å². The highest BCUT2D eigenvalue weighted by Crippen LogP contribution is 2.30. The van der Waals surface area contributed by atoms with Crippen LogP contribution in [0.4, 0.5) is 0 Å². The predicted octanol–water partition coefficient (Wildman–Crippen LogP) is 4.06. The second-order valence-electron chi connectivity index (χ2n) is 4.64. The van der Waals surface area contributed by atoms with Gasteiger partial charge in [-0.25, -0.2) is 0 Å². The SMILES string of the molecule is CC(C)c1ccccc1Oc1ccc(CN)cc1. The molecule has 0 aliphatic carbocycles. The van der Waals surface area contributed by atoms with E-state index in [-0.39, 0.29) is 0 Å². The van der Waals surface area contributed by atoms with Crippen LogP contribution in [0.5, 0.6) is 11.5 Å². The van der Waals surface area contributed by atoms with Crippen LogP contribution < -0.4 is 10.5 Å². The van der Waals surface area contributed by atoms with E-state index in [1.807, 2.05) is 42.5 Å². The van der Waals surface area contributed by atoms with Gasteiger partial charge >= 0.3 is 0 Å². The van der Waals surface area contributed by atoms with Gasteiger partial charge in [0, 0.05) is 6.54 Å². The van der Waals surface area contributed by atoms with Gasteiger partial charge in [0.25, 0.3) is 0 Å². The zero-order chi connectivity index (χ0) is 13.0. The van der Waals surface area contributed by atoms with Crippen molar-refractivity contribution in [3.05, 3.63) is 59.7 Å². The summed E-state index contributed by atoms with van der Waals surface area (Å²) in [5.74, 6) is 2.22. The highest BCUT2D eigenvalue weighted by molar-refractivity contribution is 5.40. The van der Waals surface area contributed by atoms with Crippen LogP contribution in [0.2, 0.25) is 0 Å². The largest absolute Gasteiger partial charge is 0.457 e. The molecule has 0 amide bonds. The first-order valence-corrected chi connectivity index (χ1v) is 6.26. The van der Waals surface area contributed by atoms with E-state index in [2.05, 4.69) is 19.9 Å². The maximum absolute atomic E-state index is 5.93. The molecule has 18 heavy (non-hydrogen) atoms. The Morgan fingerprint density at radius 1 is 1.00 bits per heavy atom. The van der Waals surface area contributed by atoms with Crippen molar-refractivity contribution in [3.8, 4) is 11.5 Å². The molecule has 2 N–H and O–H groups in total. The third kappa shape index (κ3) is 2.90. The van der Waals surface area contributed by atoms with E-state index < -0.39 is 0 Å². The fourth-order valence-electron chi connectivity index (χ4n) is 1.87. The van der Waals surface area contributed by atoms with Crippen LogP contribution in [0.25, 0.3) is 0 Å². The van der Waals surface area contributed by atoms with Crippen LogP contribution in [0.3, 0.4) is 0 Å². The molecule has 2 rings (SSSR count). The summed E-state index contributed by atoms with van der Waals surface area (Å²) in [6.45, 7) is 4.89. The second kappa shape index (κ2) is 5.69. The number of hydrogen-bond donors (Lipinski definition) is 1. The Bertz CT molecular complexity index is 503. The van der Waals surface area contributed by atoms with Crippen molar-refractivity contribution < 1.29 is 4.74 Å². The first-order valence-electron chi connectivity index (χ1n) is 6.26. The van der Waals surface area contributed by atoms with E-state index >= 15 is 0 Å². The number of hydrogen-bond acceptors (Lipinski definition) is 2. The van der Waals surface area contributed by atoms with E-state index in [1.165, 1.54) is 5.56 Å². The van der Waals surface area contributed by atoms with Crippen molar-refractivity contribution in [1.29, 1.82) is 0 Å². The number of benzene rings is 2. The molecule has 0 saturated heterocycles. The lowest BCUT2D eigenvalue weighted by molar-refractivity contribution is 0.473. The monoisotopic (exact) mass is 241 g/mol. The van der Waals surface area contributed by atoms with Gasteiger partial charge in [0.15, 0.2) is 0 Å². The molecular formula is C16H19NO. The molecular weight excluding hydrogens is 222 g/mol. The van der Waals surface area contributed by atoms with Crippen molar-refractivity contribution >= 4 is 0 Å². The summed E-state index contributed by atoms with van der Waals surface area (Å²) in [7, 11) is 0. The molecule has 0 spiro atoms. The molecule has 0 aromatic heterocycles. The molecule has 2 heteroatoms. The molecule has 0 aliphatic heterocycles. The third-order valence-corrected chi connectivity index (χ3v) is 2.93. The molecule has 0 heterocycles. The Morgan fingerprint density at radius 2 is 1.67 bits per heavy atom. The summed E-state index contributed by atoms with van der Waals surface area (Å²) in [4.78, 5) is 0. The topological polar surface area (TPSA) is 35.2 Å². The fraction of sp³-hybridized carbons (Fsp3) is 0.250. The highest BCUT2D eigenvalue weighted by atomic mass is 16.5. The smallest absolute Gasteiger partial charge is 0.130 e. The van der Waals surface area contributed by atoms with Crippen molar-refractivity contribution in [1.82, 2.24) is 0 Å². The second-order valence-corrected chi connectivity index (χ2v) is 4.64. The van der Waals surface area contributed by atoms with Crippen LogP contribution in [0.15, 0.2) is 48.5 Å². The molecule has 0 fully saturated rings. The van der Waals surface area contributed by atoms with Gasteiger partial charge in [-0.1, -0.05) is 44.2 Å². The molecule has 0 aliphatic rings. The highest BCUT2D eigenvalue weighted by Gasteiger charge is 2.07. The van der Waals surface area contributed by atoms with Gasteiger partial charge in [-0.2, -0.15) is 0 Å². The summed E-state index contributed by atoms with van der Waals surface area (Å²) in [5.41, 5.74) is 7.91. The minimum Gasteiger partial charge on any atom is -0.457 e.